The van der Waals surface area contributed by atoms with E-state index in [2.05, 4.69) is 11.5 Å². The highest BCUT2D eigenvalue weighted by Crippen LogP contribution is 2.33. The number of methoxy groups -OCH3 is 1. The summed E-state index contributed by atoms with van der Waals surface area (Å²) in [6.45, 7) is 4.87. The number of benzene rings is 1. The molecule has 2 rings (SSSR count). The number of nitrogens with two attached hydrogens (primary N) is 1. The molecule has 0 aliphatic carbocycles. The molecule has 4 nitrogen and oxygen atoms in total. The second-order valence-electron chi connectivity index (χ2n) is 4.74. The van der Waals surface area contributed by atoms with E-state index in [9.17, 15) is 4.79 Å². The molecule has 0 fully saturated rings. The Hall–Kier alpha value is -2.23. The standard InChI is InChI=1S/C16H20N2O2/c1-4-9-18-11(2)13(16(17)19)10-14(18)12-7-5-6-8-15(12)20-3/h5-8,10H,4,9H2,1-3H3,(H2,17,19). The van der Waals surface area contributed by atoms with E-state index in [0.717, 1.165) is 35.7 Å². The van der Waals surface area contributed by atoms with Crippen LogP contribution in [0.15, 0.2) is 30.3 Å². The van der Waals surface area contributed by atoms with E-state index in [1.165, 1.54) is 0 Å². The van der Waals surface area contributed by atoms with Crippen LogP contribution in [0, 0.1) is 6.92 Å². The molecular weight excluding hydrogens is 252 g/mol. The number of hydrogen-bond acceptors (Lipinski definition) is 2. The maximum atomic E-state index is 11.6. The molecular formula is C16H20N2O2. The lowest BCUT2D eigenvalue weighted by Crippen LogP contribution is -2.12. The van der Waals surface area contributed by atoms with Gasteiger partial charge < -0.3 is 15.0 Å². The van der Waals surface area contributed by atoms with E-state index in [1.807, 2.05) is 37.3 Å². The molecule has 0 saturated heterocycles. The van der Waals surface area contributed by atoms with Crippen molar-refractivity contribution < 1.29 is 9.53 Å². The average molecular weight is 272 g/mol. The normalized spacial score (nSPS) is 10.6. The fourth-order valence-corrected chi connectivity index (χ4v) is 2.49. The topological polar surface area (TPSA) is 57.2 Å². The molecule has 1 aromatic heterocycles. The summed E-state index contributed by atoms with van der Waals surface area (Å²) in [5.41, 5.74) is 8.87. The van der Waals surface area contributed by atoms with Gasteiger partial charge in [0.2, 0.25) is 0 Å². The van der Waals surface area contributed by atoms with Gasteiger partial charge in [-0.2, -0.15) is 0 Å². The highest BCUT2D eigenvalue weighted by atomic mass is 16.5. The number of hydrogen-bond donors (Lipinski definition) is 1. The highest BCUT2D eigenvalue weighted by Gasteiger charge is 2.18. The monoisotopic (exact) mass is 272 g/mol. The van der Waals surface area contributed by atoms with Crippen LogP contribution in [0.2, 0.25) is 0 Å². The third-order valence-corrected chi connectivity index (χ3v) is 3.46. The maximum absolute atomic E-state index is 11.6. The lowest BCUT2D eigenvalue weighted by Gasteiger charge is -2.13. The Morgan fingerprint density at radius 3 is 2.65 bits per heavy atom. The first-order valence-corrected chi connectivity index (χ1v) is 6.73. The molecule has 0 aliphatic rings. The smallest absolute Gasteiger partial charge is 0.250 e. The van der Waals surface area contributed by atoms with Gasteiger partial charge in [-0.15, -0.1) is 0 Å². The summed E-state index contributed by atoms with van der Waals surface area (Å²) in [4.78, 5) is 11.6. The summed E-state index contributed by atoms with van der Waals surface area (Å²) in [6.07, 6.45) is 0.982. The van der Waals surface area contributed by atoms with Crippen LogP contribution in [0.1, 0.15) is 29.4 Å². The van der Waals surface area contributed by atoms with Crippen LogP contribution in [0.3, 0.4) is 0 Å². The molecule has 1 aromatic carbocycles. The predicted octanol–water partition coefficient (Wildman–Crippen LogP) is 2.98. The summed E-state index contributed by atoms with van der Waals surface area (Å²) in [6, 6.07) is 9.64. The van der Waals surface area contributed by atoms with Crippen molar-refractivity contribution in [2.75, 3.05) is 7.11 Å². The van der Waals surface area contributed by atoms with Gasteiger partial charge in [0.25, 0.3) is 5.91 Å². The number of carbonyl (C=O) groups is 1. The zero-order valence-electron chi connectivity index (χ0n) is 12.1. The molecule has 2 aromatic rings. The quantitative estimate of drug-likeness (QED) is 0.909. The molecule has 0 unspecified atom stereocenters. The molecule has 0 aliphatic heterocycles. The average Bonchev–Trinajstić information content (AvgIpc) is 2.77. The minimum absolute atomic E-state index is 0.395. The molecule has 1 amide bonds. The Morgan fingerprint density at radius 2 is 2.05 bits per heavy atom. The minimum Gasteiger partial charge on any atom is -0.496 e. The van der Waals surface area contributed by atoms with Gasteiger partial charge in [0.1, 0.15) is 5.75 Å². The first-order valence-electron chi connectivity index (χ1n) is 6.73. The SMILES string of the molecule is CCCn1c(-c2ccccc2OC)cc(C(N)=O)c1C. The van der Waals surface area contributed by atoms with E-state index in [-0.39, 0.29) is 0 Å². The molecule has 0 bridgehead atoms. The molecule has 4 heteroatoms. The molecule has 0 spiro atoms. The number of amides is 1. The van der Waals surface area contributed by atoms with Crippen LogP contribution in [0.5, 0.6) is 5.75 Å². The fraction of sp³-hybridized carbons (Fsp3) is 0.312. The lowest BCUT2D eigenvalue weighted by molar-refractivity contribution is 0.0999. The summed E-state index contributed by atoms with van der Waals surface area (Å²) in [5, 5.41) is 0. The zero-order valence-corrected chi connectivity index (χ0v) is 12.1. The lowest BCUT2D eigenvalue weighted by atomic mass is 10.1. The van der Waals surface area contributed by atoms with Crippen molar-refractivity contribution in [1.29, 1.82) is 0 Å². The Labute approximate surface area is 119 Å². The van der Waals surface area contributed by atoms with Crippen LogP contribution < -0.4 is 10.5 Å². The molecule has 0 saturated carbocycles. The second kappa shape index (κ2) is 5.82. The minimum atomic E-state index is -0.395. The number of rotatable bonds is 5. The van der Waals surface area contributed by atoms with Crippen molar-refractivity contribution in [2.45, 2.75) is 26.8 Å². The highest BCUT2D eigenvalue weighted by molar-refractivity contribution is 5.96. The van der Waals surface area contributed by atoms with Crippen molar-refractivity contribution in [3.05, 3.63) is 41.6 Å². The van der Waals surface area contributed by atoms with Gasteiger partial charge in [-0.1, -0.05) is 19.1 Å². The van der Waals surface area contributed by atoms with Crippen LogP contribution >= 0.6 is 0 Å². The van der Waals surface area contributed by atoms with E-state index >= 15 is 0 Å². The van der Waals surface area contributed by atoms with Gasteiger partial charge in [0.15, 0.2) is 0 Å². The van der Waals surface area contributed by atoms with Crippen LogP contribution in [-0.4, -0.2) is 17.6 Å². The molecule has 2 N–H and O–H groups in total. The summed E-state index contributed by atoms with van der Waals surface area (Å²) in [7, 11) is 1.65. The first kappa shape index (κ1) is 14.2. The summed E-state index contributed by atoms with van der Waals surface area (Å²) in [5.74, 6) is 0.395. The Kier molecular flexibility index (Phi) is 4.13. The number of carbonyl (C=O) groups excluding carboxylic acids is 1. The van der Waals surface area contributed by atoms with Crippen molar-refractivity contribution in [1.82, 2.24) is 4.57 Å². The number of aromatic nitrogens is 1. The zero-order chi connectivity index (χ0) is 14.7. The van der Waals surface area contributed by atoms with Gasteiger partial charge in [0.05, 0.1) is 18.4 Å². The largest absolute Gasteiger partial charge is 0.496 e. The summed E-state index contributed by atoms with van der Waals surface area (Å²) < 4.78 is 7.54. The third kappa shape index (κ3) is 2.41. The molecule has 0 atom stereocenters. The van der Waals surface area contributed by atoms with Crippen LogP contribution in [0.25, 0.3) is 11.3 Å². The van der Waals surface area contributed by atoms with E-state index < -0.39 is 5.91 Å². The number of para-hydroxylation sites is 1. The number of nitrogens with zero attached hydrogens (tertiary/aromatic N) is 1. The summed E-state index contributed by atoms with van der Waals surface area (Å²) >= 11 is 0. The molecule has 0 radical (unpaired) electrons. The van der Waals surface area contributed by atoms with Crippen LogP contribution in [0.4, 0.5) is 0 Å². The van der Waals surface area contributed by atoms with Gasteiger partial charge in [-0.05, 0) is 31.5 Å². The number of ether oxygens (including phenoxy) is 1. The van der Waals surface area contributed by atoms with E-state index in [1.54, 1.807) is 7.11 Å². The van der Waals surface area contributed by atoms with Crippen molar-refractivity contribution >= 4 is 5.91 Å². The van der Waals surface area contributed by atoms with Gasteiger partial charge in [0, 0.05) is 17.8 Å². The van der Waals surface area contributed by atoms with Gasteiger partial charge in [-0.3, -0.25) is 4.79 Å². The van der Waals surface area contributed by atoms with Crippen LogP contribution in [-0.2, 0) is 6.54 Å². The van der Waals surface area contributed by atoms with E-state index in [0.29, 0.717) is 5.56 Å². The third-order valence-electron chi connectivity index (χ3n) is 3.46. The number of primary amides is 1. The predicted molar refractivity (Wildman–Crippen MR) is 80.0 cm³/mol. The first-order chi connectivity index (χ1) is 9.60. The van der Waals surface area contributed by atoms with E-state index in [4.69, 9.17) is 10.5 Å². The molecule has 20 heavy (non-hydrogen) atoms. The van der Waals surface area contributed by atoms with Crippen molar-refractivity contribution in [2.24, 2.45) is 5.73 Å². The van der Waals surface area contributed by atoms with Crippen molar-refractivity contribution in [3.8, 4) is 17.0 Å². The Bertz CT molecular complexity index is 629. The molecule has 106 valence electrons. The van der Waals surface area contributed by atoms with Crippen molar-refractivity contribution in [3.63, 3.8) is 0 Å². The Balaban J connectivity index is 2.66. The second-order valence-corrected chi connectivity index (χ2v) is 4.74. The van der Waals surface area contributed by atoms with Gasteiger partial charge in [-0.25, -0.2) is 0 Å². The van der Waals surface area contributed by atoms with Gasteiger partial charge >= 0.3 is 0 Å². The molecule has 1 heterocycles. The maximum Gasteiger partial charge on any atom is 0.250 e. The Morgan fingerprint density at radius 1 is 1.35 bits per heavy atom. The fourth-order valence-electron chi connectivity index (χ4n) is 2.49.